The SMILES string of the molecule is O=C(Cl)C(F)(F)c1ccccc1C(F)(F)F. The molecule has 0 aliphatic carbocycles. The number of hydrogen-bond donors (Lipinski definition) is 0. The Morgan fingerprint density at radius 2 is 1.44 bits per heavy atom. The fourth-order valence-corrected chi connectivity index (χ4v) is 1.21. The summed E-state index contributed by atoms with van der Waals surface area (Å²) >= 11 is 4.57. The van der Waals surface area contributed by atoms with Crippen LogP contribution in [-0.2, 0) is 16.9 Å². The number of rotatable bonds is 2. The lowest BCUT2D eigenvalue weighted by atomic mass is 10.0. The molecule has 0 unspecified atom stereocenters. The highest BCUT2D eigenvalue weighted by Gasteiger charge is 2.46. The Hall–Kier alpha value is -1.17. The van der Waals surface area contributed by atoms with Crippen LogP contribution in [-0.4, -0.2) is 5.24 Å². The van der Waals surface area contributed by atoms with E-state index >= 15 is 0 Å². The van der Waals surface area contributed by atoms with Gasteiger partial charge in [0.2, 0.25) is 0 Å². The molecule has 0 fully saturated rings. The van der Waals surface area contributed by atoms with Gasteiger partial charge >= 0.3 is 12.1 Å². The fourth-order valence-electron chi connectivity index (χ4n) is 1.11. The zero-order valence-electron chi connectivity index (χ0n) is 7.49. The van der Waals surface area contributed by atoms with Gasteiger partial charge in [-0.25, -0.2) is 0 Å². The maximum absolute atomic E-state index is 13.1. The molecule has 0 aromatic heterocycles. The van der Waals surface area contributed by atoms with Gasteiger partial charge in [-0.3, -0.25) is 4.79 Å². The molecule has 0 spiro atoms. The molecular weight excluding hydrogens is 255 g/mol. The van der Waals surface area contributed by atoms with Gasteiger partial charge in [-0.15, -0.1) is 0 Å². The molecule has 16 heavy (non-hydrogen) atoms. The van der Waals surface area contributed by atoms with E-state index in [-0.39, 0.29) is 0 Å². The summed E-state index contributed by atoms with van der Waals surface area (Å²) in [6.07, 6.45) is -4.97. The van der Waals surface area contributed by atoms with Gasteiger partial charge in [0.25, 0.3) is 5.24 Å². The first-order valence-electron chi connectivity index (χ1n) is 3.92. The summed E-state index contributed by atoms with van der Waals surface area (Å²) in [6, 6.07) is 2.89. The van der Waals surface area contributed by atoms with E-state index in [4.69, 9.17) is 0 Å². The highest BCUT2D eigenvalue weighted by Crippen LogP contribution is 2.40. The van der Waals surface area contributed by atoms with Crippen LogP contribution in [0.2, 0.25) is 0 Å². The predicted molar refractivity (Wildman–Crippen MR) is 46.2 cm³/mol. The molecule has 0 heterocycles. The van der Waals surface area contributed by atoms with Crippen LogP contribution in [0.5, 0.6) is 0 Å². The molecule has 1 aromatic carbocycles. The summed E-state index contributed by atoms with van der Waals surface area (Å²) in [5, 5.41) is -2.15. The number of carbonyl (C=O) groups excluding carboxylic acids is 1. The van der Waals surface area contributed by atoms with E-state index in [2.05, 4.69) is 11.6 Å². The predicted octanol–water partition coefficient (Wildman–Crippen LogP) is 3.56. The van der Waals surface area contributed by atoms with Crippen LogP contribution in [0.3, 0.4) is 0 Å². The van der Waals surface area contributed by atoms with Gasteiger partial charge in [0.1, 0.15) is 0 Å². The van der Waals surface area contributed by atoms with E-state index in [0.717, 1.165) is 12.1 Å². The number of alkyl halides is 5. The van der Waals surface area contributed by atoms with Crippen LogP contribution in [0.4, 0.5) is 22.0 Å². The Bertz CT molecular complexity index is 413. The molecule has 1 aromatic rings. The average molecular weight is 259 g/mol. The van der Waals surface area contributed by atoms with Crippen LogP contribution in [0, 0.1) is 0 Å². The lowest BCUT2D eigenvalue weighted by molar-refractivity contribution is -0.146. The number of hydrogen-bond acceptors (Lipinski definition) is 1. The van der Waals surface area contributed by atoms with Gasteiger partial charge in [0.05, 0.1) is 5.56 Å². The van der Waals surface area contributed by atoms with E-state index in [0.29, 0.717) is 12.1 Å². The summed E-state index contributed by atoms with van der Waals surface area (Å²) in [7, 11) is 0. The van der Waals surface area contributed by atoms with Crippen molar-refractivity contribution < 1.29 is 26.7 Å². The first kappa shape index (κ1) is 12.9. The van der Waals surface area contributed by atoms with Gasteiger partial charge in [-0.1, -0.05) is 18.2 Å². The molecule has 0 bridgehead atoms. The van der Waals surface area contributed by atoms with Crippen molar-refractivity contribution in [3.63, 3.8) is 0 Å². The Kier molecular flexibility index (Phi) is 3.23. The zero-order chi connectivity index (χ0) is 12.6. The number of halogens is 6. The third-order valence-corrected chi connectivity index (χ3v) is 2.05. The smallest absolute Gasteiger partial charge is 0.274 e. The van der Waals surface area contributed by atoms with Crippen molar-refractivity contribution in [1.29, 1.82) is 0 Å². The molecule has 0 saturated carbocycles. The monoisotopic (exact) mass is 258 g/mol. The van der Waals surface area contributed by atoms with E-state index in [1.54, 1.807) is 0 Å². The summed E-state index contributed by atoms with van der Waals surface area (Å²) in [6.45, 7) is 0. The summed E-state index contributed by atoms with van der Waals surface area (Å²) in [5.74, 6) is -4.35. The summed E-state index contributed by atoms with van der Waals surface area (Å²) < 4.78 is 63.2. The van der Waals surface area contributed by atoms with E-state index in [1.807, 2.05) is 0 Å². The van der Waals surface area contributed by atoms with Gasteiger partial charge in [0, 0.05) is 5.56 Å². The molecule has 0 radical (unpaired) electrons. The van der Waals surface area contributed by atoms with Crippen LogP contribution < -0.4 is 0 Å². The highest BCUT2D eigenvalue weighted by atomic mass is 35.5. The van der Waals surface area contributed by atoms with Crippen molar-refractivity contribution >= 4 is 16.8 Å². The summed E-state index contributed by atoms with van der Waals surface area (Å²) in [5.41, 5.74) is -3.02. The molecule has 0 aliphatic heterocycles. The van der Waals surface area contributed by atoms with Gasteiger partial charge in [-0.05, 0) is 17.7 Å². The van der Waals surface area contributed by atoms with Crippen LogP contribution in [0.25, 0.3) is 0 Å². The minimum absolute atomic E-state index is 0.461. The Morgan fingerprint density at radius 3 is 1.81 bits per heavy atom. The number of benzene rings is 1. The second kappa shape index (κ2) is 4.01. The molecule has 1 nitrogen and oxygen atoms in total. The minimum Gasteiger partial charge on any atom is -0.274 e. The van der Waals surface area contributed by atoms with Crippen molar-refractivity contribution in [3.05, 3.63) is 35.4 Å². The Morgan fingerprint density at radius 1 is 1.00 bits per heavy atom. The maximum Gasteiger partial charge on any atom is 0.416 e. The Labute approximate surface area is 91.8 Å². The first-order chi connectivity index (χ1) is 7.17. The third-order valence-electron chi connectivity index (χ3n) is 1.82. The van der Waals surface area contributed by atoms with Crippen molar-refractivity contribution in [1.82, 2.24) is 0 Å². The largest absolute Gasteiger partial charge is 0.416 e. The topological polar surface area (TPSA) is 17.1 Å². The standard InChI is InChI=1S/C9H4ClF5O/c10-7(16)8(11,12)5-3-1-2-4-6(5)9(13,14)15/h1-4H. The lowest BCUT2D eigenvalue weighted by Crippen LogP contribution is -2.25. The van der Waals surface area contributed by atoms with E-state index in [1.165, 1.54) is 0 Å². The molecule has 1 rings (SSSR count). The van der Waals surface area contributed by atoms with Crippen LogP contribution in [0.1, 0.15) is 11.1 Å². The van der Waals surface area contributed by atoms with Crippen molar-refractivity contribution in [2.24, 2.45) is 0 Å². The summed E-state index contributed by atoms with van der Waals surface area (Å²) in [4.78, 5) is 10.4. The molecule has 0 saturated heterocycles. The molecule has 0 aliphatic rings. The minimum atomic E-state index is -4.97. The third kappa shape index (κ3) is 2.32. The van der Waals surface area contributed by atoms with E-state index < -0.39 is 28.5 Å². The molecule has 0 N–H and O–H groups in total. The second-order valence-corrected chi connectivity index (χ2v) is 3.23. The van der Waals surface area contributed by atoms with Gasteiger partial charge in [-0.2, -0.15) is 22.0 Å². The molecule has 88 valence electrons. The normalized spacial score (nSPS) is 12.6. The van der Waals surface area contributed by atoms with Crippen LogP contribution >= 0.6 is 11.6 Å². The highest BCUT2D eigenvalue weighted by molar-refractivity contribution is 6.65. The lowest BCUT2D eigenvalue weighted by Gasteiger charge is -2.17. The molecule has 0 amide bonds. The van der Waals surface area contributed by atoms with Crippen molar-refractivity contribution in [2.45, 2.75) is 12.1 Å². The quantitative estimate of drug-likeness (QED) is 0.585. The number of carbonyl (C=O) groups is 1. The Balaban J connectivity index is 3.41. The average Bonchev–Trinajstić information content (AvgIpc) is 2.16. The van der Waals surface area contributed by atoms with Gasteiger partial charge in [0.15, 0.2) is 0 Å². The molecule has 7 heteroatoms. The zero-order valence-corrected chi connectivity index (χ0v) is 8.24. The maximum atomic E-state index is 13.1. The van der Waals surface area contributed by atoms with E-state index in [9.17, 15) is 26.7 Å². The molecule has 0 atom stereocenters. The first-order valence-corrected chi connectivity index (χ1v) is 4.29. The van der Waals surface area contributed by atoms with Crippen LogP contribution in [0.15, 0.2) is 24.3 Å². The van der Waals surface area contributed by atoms with Gasteiger partial charge < -0.3 is 0 Å². The molecular formula is C9H4ClF5O. The fraction of sp³-hybridized carbons (Fsp3) is 0.222. The van der Waals surface area contributed by atoms with Crippen molar-refractivity contribution in [2.75, 3.05) is 0 Å². The second-order valence-electron chi connectivity index (χ2n) is 2.89. The van der Waals surface area contributed by atoms with Crippen molar-refractivity contribution in [3.8, 4) is 0 Å².